The van der Waals surface area contributed by atoms with Crippen molar-refractivity contribution < 1.29 is 0 Å². The minimum Gasteiger partial charge on any atom is -0.397 e. The molecule has 2 aliphatic heterocycles. The molecule has 2 saturated heterocycles. The molecule has 0 aromatic carbocycles. The second-order valence-corrected chi connectivity index (χ2v) is 5.90. The van der Waals surface area contributed by atoms with Crippen molar-refractivity contribution in [3.8, 4) is 6.07 Å². The fourth-order valence-electron chi connectivity index (χ4n) is 3.43. The number of rotatable bonds is 1. The first-order valence-corrected chi connectivity index (χ1v) is 7.35. The molecule has 5 nitrogen and oxygen atoms in total. The van der Waals surface area contributed by atoms with Crippen molar-refractivity contribution in [2.24, 2.45) is 0 Å². The number of piperazine rings is 1. The van der Waals surface area contributed by atoms with Crippen LogP contribution < -0.4 is 10.6 Å². The van der Waals surface area contributed by atoms with Crippen LogP contribution in [-0.4, -0.2) is 41.6 Å². The van der Waals surface area contributed by atoms with E-state index in [1.807, 2.05) is 0 Å². The molecule has 0 spiro atoms. The Kier molecular flexibility index (Phi) is 3.49. The van der Waals surface area contributed by atoms with Gasteiger partial charge in [-0.3, -0.25) is 4.90 Å². The first-order valence-electron chi connectivity index (χ1n) is 7.35. The van der Waals surface area contributed by atoms with Gasteiger partial charge in [-0.15, -0.1) is 0 Å². The maximum atomic E-state index is 9.31. The van der Waals surface area contributed by atoms with E-state index in [4.69, 9.17) is 5.73 Å². The number of piperidine rings is 1. The lowest BCUT2D eigenvalue weighted by atomic mass is 9.97. The van der Waals surface area contributed by atoms with Crippen molar-refractivity contribution in [3.05, 3.63) is 17.8 Å². The van der Waals surface area contributed by atoms with Crippen molar-refractivity contribution in [3.63, 3.8) is 0 Å². The SMILES string of the molecule is CC1CN2CCCCC2CN1c1ncc(N)cc1C#N. The fourth-order valence-corrected chi connectivity index (χ4v) is 3.43. The molecule has 3 heterocycles. The van der Waals surface area contributed by atoms with Crippen LogP contribution in [0.2, 0.25) is 0 Å². The van der Waals surface area contributed by atoms with Gasteiger partial charge in [0.25, 0.3) is 0 Å². The average Bonchev–Trinajstić information content (AvgIpc) is 2.46. The summed E-state index contributed by atoms with van der Waals surface area (Å²) >= 11 is 0. The summed E-state index contributed by atoms with van der Waals surface area (Å²) in [4.78, 5) is 9.29. The zero-order chi connectivity index (χ0) is 14.1. The minimum atomic E-state index is 0.382. The minimum absolute atomic E-state index is 0.382. The average molecular weight is 271 g/mol. The van der Waals surface area contributed by atoms with Crippen LogP contribution in [0, 0.1) is 11.3 Å². The van der Waals surface area contributed by atoms with E-state index in [-0.39, 0.29) is 0 Å². The molecular formula is C15H21N5. The van der Waals surface area contributed by atoms with Gasteiger partial charge in [0.05, 0.1) is 17.4 Å². The first-order chi connectivity index (χ1) is 9.69. The number of nitrogens with two attached hydrogens (primary N) is 1. The van der Waals surface area contributed by atoms with Crippen LogP contribution in [-0.2, 0) is 0 Å². The van der Waals surface area contributed by atoms with E-state index in [2.05, 4.69) is 27.8 Å². The van der Waals surface area contributed by atoms with Gasteiger partial charge in [0.1, 0.15) is 11.9 Å². The molecule has 1 aromatic heterocycles. The highest BCUT2D eigenvalue weighted by molar-refractivity contribution is 5.59. The Bertz CT molecular complexity index is 536. The van der Waals surface area contributed by atoms with E-state index in [1.54, 1.807) is 12.3 Å². The van der Waals surface area contributed by atoms with Crippen LogP contribution in [0.3, 0.4) is 0 Å². The molecule has 2 N–H and O–H groups in total. The van der Waals surface area contributed by atoms with Gasteiger partial charge in [-0.2, -0.15) is 5.26 Å². The third kappa shape index (κ3) is 2.32. The number of fused-ring (bicyclic) bond motifs is 1. The Morgan fingerprint density at radius 3 is 3.05 bits per heavy atom. The van der Waals surface area contributed by atoms with Crippen molar-refractivity contribution in [2.75, 3.05) is 30.3 Å². The monoisotopic (exact) mass is 271 g/mol. The molecule has 2 unspecified atom stereocenters. The third-order valence-electron chi connectivity index (χ3n) is 4.47. The zero-order valence-electron chi connectivity index (χ0n) is 11.9. The van der Waals surface area contributed by atoms with Crippen LogP contribution in [0.1, 0.15) is 31.7 Å². The lowest BCUT2D eigenvalue weighted by molar-refractivity contribution is 0.115. The van der Waals surface area contributed by atoms with Crippen LogP contribution >= 0.6 is 0 Å². The fraction of sp³-hybridized carbons (Fsp3) is 0.600. The molecule has 0 saturated carbocycles. The van der Waals surface area contributed by atoms with Crippen LogP contribution in [0.15, 0.2) is 12.3 Å². The van der Waals surface area contributed by atoms with Crippen LogP contribution in [0.25, 0.3) is 0 Å². The molecule has 5 heteroatoms. The molecule has 3 rings (SSSR count). The van der Waals surface area contributed by atoms with Gasteiger partial charge in [0, 0.05) is 25.2 Å². The van der Waals surface area contributed by atoms with Crippen molar-refractivity contribution in [1.29, 1.82) is 5.26 Å². The zero-order valence-corrected chi connectivity index (χ0v) is 11.9. The summed E-state index contributed by atoms with van der Waals surface area (Å²) < 4.78 is 0. The maximum Gasteiger partial charge on any atom is 0.146 e. The molecule has 2 atom stereocenters. The molecule has 0 bridgehead atoms. The van der Waals surface area contributed by atoms with Gasteiger partial charge in [-0.25, -0.2) is 4.98 Å². The number of nitrogen functional groups attached to an aromatic ring is 1. The van der Waals surface area contributed by atoms with Crippen LogP contribution in [0.5, 0.6) is 0 Å². The largest absolute Gasteiger partial charge is 0.397 e. The summed E-state index contributed by atoms with van der Waals surface area (Å²) in [7, 11) is 0. The van der Waals surface area contributed by atoms with E-state index in [0.717, 1.165) is 18.9 Å². The Labute approximate surface area is 120 Å². The highest BCUT2D eigenvalue weighted by Crippen LogP contribution is 2.29. The topological polar surface area (TPSA) is 69.2 Å². The normalized spacial score (nSPS) is 26.9. The smallest absolute Gasteiger partial charge is 0.146 e. The number of nitriles is 1. The highest BCUT2D eigenvalue weighted by Gasteiger charge is 2.34. The molecule has 2 aliphatic rings. The number of aromatic nitrogens is 1. The molecule has 0 radical (unpaired) electrons. The maximum absolute atomic E-state index is 9.31. The van der Waals surface area contributed by atoms with Gasteiger partial charge in [-0.05, 0) is 32.4 Å². The number of hydrogen-bond acceptors (Lipinski definition) is 5. The highest BCUT2D eigenvalue weighted by atomic mass is 15.3. The van der Waals surface area contributed by atoms with E-state index in [0.29, 0.717) is 23.3 Å². The van der Waals surface area contributed by atoms with Gasteiger partial charge in [-0.1, -0.05) is 6.42 Å². The number of pyridine rings is 1. The predicted octanol–water partition coefficient (Wildman–Crippen LogP) is 1.60. The summed E-state index contributed by atoms with van der Waals surface area (Å²) in [5.41, 5.74) is 6.87. The van der Waals surface area contributed by atoms with Crippen molar-refractivity contribution >= 4 is 11.5 Å². The molecule has 20 heavy (non-hydrogen) atoms. The van der Waals surface area contributed by atoms with Crippen LogP contribution in [0.4, 0.5) is 11.5 Å². The second-order valence-electron chi connectivity index (χ2n) is 5.90. The molecule has 106 valence electrons. The quantitative estimate of drug-likeness (QED) is 0.840. The molecule has 0 aliphatic carbocycles. The molecular weight excluding hydrogens is 250 g/mol. The van der Waals surface area contributed by atoms with Gasteiger partial charge >= 0.3 is 0 Å². The number of nitrogens with zero attached hydrogens (tertiary/aromatic N) is 4. The Balaban J connectivity index is 1.88. The number of hydrogen-bond donors (Lipinski definition) is 1. The summed E-state index contributed by atoms with van der Waals surface area (Å²) in [5.74, 6) is 0.791. The lowest BCUT2D eigenvalue weighted by Gasteiger charge is -2.48. The summed E-state index contributed by atoms with van der Waals surface area (Å²) in [6, 6.07) is 4.94. The summed E-state index contributed by atoms with van der Waals surface area (Å²) in [6.07, 6.45) is 5.52. The van der Waals surface area contributed by atoms with Crippen molar-refractivity contribution in [2.45, 2.75) is 38.3 Å². The Hall–Kier alpha value is -1.80. The number of anilines is 2. The predicted molar refractivity (Wildman–Crippen MR) is 79.4 cm³/mol. The second kappa shape index (κ2) is 5.29. The lowest BCUT2D eigenvalue weighted by Crippen LogP contribution is -2.59. The van der Waals surface area contributed by atoms with E-state index in [9.17, 15) is 5.26 Å². The Morgan fingerprint density at radius 1 is 1.40 bits per heavy atom. The Morgan fingerprint density at radius 2 is 2.25 bits per heavy atom. The van der Waals surface area contributed by atoms with E-state index in [1.165, 1.54) is 25.8 Å². The molecule has 2 fully saturated rings. The van der Waals surface area contributed by atoms with Gasteiger partial charge < -0.3 is 10.6 Å². The third-order valence-corrected chi connectivity index (χ3v) is 4.47. The van der Waals surface area contributed by atoms with Gasteiger partial charge in [0.15, 0.2) is 0 Å². The van der Waals surface area contributed by atoms with Crippen molar-refractivity contribution in [1.82, 2.24) is 9.88 Å². The first kappa shape index (κ1) is 13.2. The summed E-state index contributed by atoms with van der Waals surface area (Å²) in [6.45, 7) is 5.45. The van der Waals surface area contributed by atoms with E-state index < -0.39 is 0 Å². The standard InChI is InChI=1S/C15H21N5/c1-11-9-19-5-3-2-4-14(19)10-20(11)15-12(7-16)6-13(17)8-18-15/h6,8,11,14H,2-5,9-10,17H2,1H3. The molecule has 0 amide bonds. The van der Waals surface area contributed by atoms with E-state index >= 15 is 0 Å². The van der Waals surface area contributed by atoms with Gasteiger partial charge in [0.2, 0.25) is 0 Å². The molecule has 1 aromatic rings. The summed E-state index contributed by atoms with van der Waals surface area (Å²) in [5, 5.41) is 9.31.